The molecule has 114 valence electrons. The van der Waals surface area contributed by atoms with Crippen molar-refractivity contribution in [3.8, 4) is 0 Å². The van der Waals surface area contributed by atoms with Crippen LogP contribution in [0, 0.1) is 5.92 Å². The van der Waals surface area contributed by atoms with Gasteiger partial charge in [-0.1, -0.05) is 0 Å². The van der Waals surface area contributed by atoms with Crippen molar-refractivity contribution in [2.75, 3.05) is 30.3 Å². The molecule has 1 fully saturated rings. The van der Waals surface area contributed by atoms with Crippen LogP contribution in [0.15, 0.2) is 24.3 Å². The molecule has 1 atom stereocenters. The number of benzene rings is 1. The fraction of sp³-hybridized carbons (Fsp3) is 0.467. The SMILES string of the molecule is CCOC(=O)Nc1ccc(NC(=O)[C@@H]2CCCNC2)cc1. The number of ether oxygens (including phenoxy) is 1. The van der Waals surface area contributed by atoms with Gasteiger partial charge in [-0.05, 0) is 50.6 Å². The molecular formula is C15H21N3O3. The number of hydrogen-bond donors (Lipinski definition) is 3. The second-order valence-corrected chi connectivity index (χ2v) is 4.96. The van der Waals surface area contributed by atoms with E-state index in [1.807, 2.05) is 0 Å². The van der Waals surface area contributed by atoms with Crippen molar-refractivity contribution in [3.63, 3.8) is 0 Å². The molecule has 1 saturated heterocycles. The molecule has 2 rings (SSSR count). The molecule has 0 bridgehead atoms. The van der Waals surface area contributed by atoms with Crippen LogP contribution in [0.4, 0.5) is 16.2 Å². The Labute approximate surface area is 124 Å². The Kier molecular flexibility index (Phi) is 5.57. The second-order valence-electron chi connectivity index (χ2n) is 4.96. The number of rotatable bonds is 4. The molecule has 0 spiro atoms. The van der Waals surface area contributed by atoms with Crippen molar-refractivity contribution in [2.24, 2.45) is 5.92 Å². The largest absolute Gasteiger partial charge is 0.450 e. The summed E-state index contributed by atoms with van der Waals surface area (Å²) in [5.74, 6) is 0.0596. The van der Waals surface area contributed by atoms with Gasteiger partial charge < -0.3 is 15.4 Å². The van der Waals surface area contributed by atoms with Crippen LogP contribution >= 0.6 is 0 Å². The summed E-state index contributed by atoms with van der Waals surface area (Å²) in [7, 11) is 0. The smallest absolute Gasteiger partial charge is 0.411 e. The highest BCUT2D eigenvalue weighted by Gasteiger charge is 2.20. The van der Waals surface area contributed by atoms with E-state index in [0.717, 1.165) is 31.6 Å². The molecule has 0 radical (unpaired) electrons. The van der Waals surface area contributed by atoms with Crippen LogP contribution in [0.25, 0.3) is 0 Å². The average Bonchev–Trinajstić information content (AvgIpc) is 2.50. The molecule has 0 unspecified atom stereocenters. The van der Waals surface area contributed by atoms with Crippen molar-refractivity contribution in [1.82, 2.24) is 5.32 Å². The van der Waals surface area contributed by atoms with E-state index in [0.29, 0.717) is 12.3 Å². The summed E-state index contributed by atoms with van der Waals surface area (Å²) in [5, 5.41) is 8.72. The molecule has 21 heavy (non-hydrogen) atoms. The number of hydrogen-bond acceptors (Lipinski definition) is 4. The number of carbonyl (C=O) groups is 2. The summed E-state index contributed by atoms with van der Waals surface area (Å²) in [6, 6.07) is 6.97. The first-order valence-corrected chi connectivity index (χ1v) is 7.24. The van der Waals surface area contributed by atoms with E-state index < -0.39 is 6.09 Å². The molecule has 0 aromatic heterocycles. The van der Waals surface area contributed by atoms with Crippen LogP contribution in [0.3, 0.4) is 0 Å². The van der Waals surface area contributed by atoms with E-state index in [1.165, 1.54) is 0 Å². The van der Waals surface area contributed by atoms with Gasteiger partial charge in [0.2, 0.25) is 5.91 Å². The molecule has 1 aromatic carbocycles. The Hall–Kier alpha value is -2.08. The number of carbonyl (C=O) groups excluding carboxylic acids is 2. The monoisotopic (exact) mass is 291 g/mol. The number of piperidine rings is 1. The molecule has 0 aliphatic carbocycles. The fourth-order valence-corrected chi connectivity index (χ4v) is 2.24. The summed E-state index contributed by atoms with van der Waals surface area (Å²) >= 11 is 0. The minimum Gasteiger partial charge on any atom is -0.450 e. The van der Waals surface area contributed by atoms with Crippen LogP contribution in [-0.2, 0) is 9.53 Å². The highest BCUT2D eigenvalue weighted by molar-refractivity contribution is 5.93. The second kappa shape index (κ2) is 7.64. The van der Waals surface area contributed by atoms with Gasteiger partial charge in [-0.3, -0.25) is 10.1 Å². The van der Waals surface area contributed by atoms with Gasteiger partial charge in [0, 0.05) is 17.9 Å². The van der Waals surface area contributed by atoms with Crippen molar-refractivity contribution in [2.45, 2.75) is 19.8 Å². The maximum Gasteiger partial charge on any atom is 0.411 e. The molecule has 2 amide bonds. The molecule has 6 heteroatoms. The Balaban J connectivity index is 1.86. The Morgan fingerprint density at radius 2 is 1.90 bits per heavy atom. The number of nitrogens with one attached hydrogen (secondary N) is 3. The van der Waals surface area contributed by atoms with Crippen LogP contribution < -0.4 is 16.0 Å². The Morgan fingerprint density at radius 1 is 1.24 bits per heavy atom. The zero-order chi connectivity index (χ0) is 15.1. The van der Waals surface area contributed by atoms with Gasteiger partial charge in [-0.25, -0.2) is 4.79 Å². The van der Waals surface area contributed by atoms with Gasteiger partial charge >= 0.3 is 6.09 Å². The molecule has 1 aromatic rings. The van der Waals surface area contributed by atoms with Gasteiger partial charge in [0.1, 0.15) is 0 Å². The summed E-state index contributed by atoms with van der Waals surface area (Å²) in [5.41, 5.74) is 1.35. The maximum absolute atomic E-state index is 12.1. The lowest BCUT2D eigenvalue weighted by atomic mass is 9.99. The summed E-state index contributed by atoms with van der Waals surface area (Å²) < 4.78 is 4.79. The fourth-order valence-electron chi connectivity index (χ4n) is 2.24. The van der Waals surface area contributed by atoms with Crippen molar-refractivity contribution in [1.29, 1.82) is 0 Å². The Bertz CT molecular complexity index is 481. The summed E-state index contributed by atoms with van der Waals surface area (Å²) in [6.07, 6.45) is 1.46. The number of anilines is 2. The molecule has 6 nitrogen and oxygen atoms in total. The van der Waals surface area contributed by atoms with Crippen molar-refractivity contribution in [3.05, 3.63) is 24.3 Å². The first-order chi connectivity index (χ1) is 10.2. The highest BCUT2D eigenvalue weighted by atomic mass is 16.5. The maximum atomic E-state index is 12.1. The van der Waals surface area contributed by atoms with E-state index in [-0.39, 0.29) is 11.8 Å². The van der Waals surface area contributed by atoms with E-state index in [9.17, 15) is 9.59 Å². The summed E-state index contributed by atoms with van der Waals surface area (Å²) in [6.45, 7) is 3.79. The molecule has 0 saturated carbocycles. The van der Waals surface area contributed by atoms with Crippen LogP contribution in [0.1, 0.15) is 19.8 Å². The third-order valence-electron chi connectivity index (χ3n) is 3.34. The minimum atomic E-state index is -0.484. The van der Waals surface area contributed by atoms with E-state index in [2.05, 4.69) is 16.0 Å². The van der Waals surface area contributed by atoms with Crippen molar-refractivity contribution >= 4 is 23.4 Å². The third-order valence-corrected chi connectivity index (χ3v) is 3.34. The minimum absolute atomic E-state index is 0.0242. The van der Waals surface area contributed by atoms with Gasteiger partial charge in [0.15, 0.2) is 0 Å². The summed E-state index contributed by atoms with van der Waals surface area (Å²) in [4.78, 5) is 23.3. The quantitative estimate of drug-likeness (QED) is 0.794. The topological polar surface area (TPSA) is 79.5 Å². The predicted molar refractivity (Wildman–Crippen MR) is 81.3 cm³/mol. The first-order valence-electron chi connectivity index (χ1n) is 7.24. The molecular weight excluding hydrogens is 270 g/mol. The van der Waals surface area contributed by atoms with Gasteiger partial charge in [0.05, 0.1) is 12.5 Å². The van der Waals surface area contributed by atoms with Crippen LogP contribution in [0.2, 0.25) is 0 Å². The van der Waals surface area contributed by atoms with Crippen LogP contribution in [0.5, 0.6) is 0 Å². The zero-order valence-electron chi connectivity index (χ0n) is 12.1. The van der Waals surface area contributed by atoms with Gasteiger partial charge in [0.25, 0.3) is 0 Å². The predicted octanol–water partition coefficient (Wildman–Crippen LogP) is 2.19. The lowest BCUT2D eigenvalue weighted by Crippen LogP contribution is -2.37. The molecule has 1 aliphatic rings. The van der Waals surface area contributed by atoms with E-state index in [4.69, 9.17) is 4.74 Å². The highest BCUT2D eigenvalue weighted by Crippen LogP contribution is 2.17. The van der Waals surface area contributed by atoms with Crippen LogP contribution in [-0.4, -0.2) is 31.7 Å². The standard InChI is InChI=1S/C15H21N3O3/c1-2-21-15(20)18-13-7-5-12(6-8-13)17-14(19)11-4-3-9-16-10-11/h5-8,11,16H,2-4,9-10H2,1H3,(H,17,19)(H,18,20)/t11-/m1/s1. The lowest BCUT2D eigenvalue weighted by molar-refractivity contribution is -0.120. The zero-order valence-corrected chi connectivity index (χ0v) is 12.1. The van der Waals surface area contributed by atoms with Crippen molar-refractivity contribution < 1.29 is 14.3 Å². The van der Waals surface area contributed by atoms with Gasteiger partial charge in [-0.15, -0.1) is 0 Å². The van der Waals surface area contributed by atoms with Gasteiger partial charge in [-0.2, -0.15) is 0 Å². The van der Waals surface area contributed by atoms with E-state index in [1.54, 1.807) is 31.2 Å². The Morgan fingerprint density at radius 3 is 2.48 bits per heavy atom. The molecule has 1 heterocycles. The lowest BCUT2D eigenvalue weighted by Gasteiger charge is -2.21. The first kappa shape index (κ1) is 15.3. The van der Waals surface area contributed by atoms with E-state index >= 15 is 0 Å². The molecule has 1 aliphatic heterocycles. The number of amides is 2. The molecule has 3 N–H and O–H groups in total. The average molecular weight is 291 g/mol. The third kappa shape index (κ3) is 4.75. The normalized spacial score (nSPS) is 17.9.